The number of hydrogen-bond donors (Lipinski definition) is 0. The van der Waals surface area contributed by atoms with E-state index in [9.17, 15) is 9.59 Å². The largest absolute Gasteiger partial charge is 0.466 e. The van der Waals surface area contributed by atoms with Crippen molar-refractivity contribution in [2.24, 2.45) is 7.05 Å². The highest BCUT2D eigenvalue weighted by Gasteiger charge is 2.21. The Morgan fingerprint density at radius 2 is 2.00 bits per heavy atom. The van der Waals surface area contributed by atoms with Gasteiger partial charge in [-0.25, -0.2) is 9.97 Å². The number of fused-ring (bicyclic) bond motifs is 1. The first kappa shape index (κ1) is 19.5. The minimum absolute atomic E-state index is 0.0992. The quantitative estimate of drug-likeness (QED) is 0.589. The summed E-state index contributed by atoms with van der Waals surface area (Å²) in [5.41, 5.74) is 2.25. The van der Waals surface area contributed by atoms with Gasteiger partial charge in [-0.1, -0.05) is 13.0 Å². The molecule has 0 spiro atoms. The van der Waals surface area contributed by atoms with Crippen molar-refractivity contribution in [2.75, 3.05) is 18.1 Å². The molecule has 1 aromatic carbocycles. The van der Waals surface area contributed by atoms with Crippen LogP contribution in [0, 0.1) is 0 Å². The first-order chi connectivity index (χ1) is 13.5. The predicted octanol–water partition coefficient (Wildman–Crippen LogP) is 3.13. The standard InChI is InChI=1S/C21H24N4O3/c1-4-18-23-16-14-15(9-10-17(16)24(18)3)21(27)25(13-11-20(26)28-5-2)19-8-6-7-12-22-19/h6-10,12,14H,4-5,11,13H2,1-3H3. The van der Waals surface area contributed by atoms with Crippen LogP contribution in [0.15, 0.2) is 42.6 Å². The second kappa shape index (κ2) is 8.65. The topological polar surface area (TPSA) is 77.3 Å². The van der Waals surface area contributed by atoms with Crippen LogP contribution in [0.5, 0.6) is 0 Å². The summed E-state index contributed by atoms with van der Waals surface area (Å²) in [5.74, 6) is 0.883. The first-order valence-corrected chi connectivity index (χ1v) is 9.39. The molecule has 0 fully saturated rings. The number of hydrogen-bond acceptors (Lipinski definition) is 5. The lowest BCUT2D eigenvalue weighted by Gasteiger charge is -2.21. The molecular formula is C21H24N4O3. The van der Waals surface area contributed by atoms with E-state index in [1.165, 1.54) is 4.90 Å². The third-order valence-electron chi connectivity index (χ3n) is 4.55. The molecule has 28 heavy (non-hydrogen) atoms. The van der Waals surface area contributed by atoms with Crippen molar-refractivity contribution in [1.29, 1.82) is 0 Å². The van der Waals surface area contributed by atoms with Gasteiger partial charge in [0.2, 0.25) is 0 Å². The van der Waals surface area contributed by atoms with Gasteiger partial charge in [0.05, 0.1) is 24.1 Å². The summed E-state index contributed by atoms with van der Waals surface area (Å²) >= 11 is 0. The summed E-state index contributed by atoms with van der Waals surface area (Å²) in [6, 6.07) is 10.8. The maximum atomic E-state index is 13.2. The van der Waals surface area contributed by atoms with Crippen LogP contribution in [0.2, 0.25) is 0 Å². The lowest BCUT2D eigenvalue weighted by Crippen LogP contribution is -2.34. The van der Waals surface area contributed by atoms with Crippen LogP contribution in [-0.4, -0.2) is 39.6 Å². The number of pyridine rings is 1. The summed E-state index contributed by atoms with van der Waals surface area (Å²) in [6.07, 6.45) is 2.53. The van der Waals surface area contributed by atoms with Crippen molar-refractivity contribution < 1.29 is 14.3 Å². The van der Waals surface area contributed by atoms with E-state index in [2.05, 4.69) is 9.97 Å². The first-order valence-electron chi connectivity index (χ1n) is 9.39. The lowest BCUT2D eigenvalue weighted by atomic mass is 10.1. The second-order valence-electron chi connectivity index (χ2n) is 6.34. The summed E-state index contributed by atoms with van der Waals surface area (Å²) in [5, 5.41) is 0. The molecule has 146 valence electrons. The van der Waals surface area contributed by atoms with E-state index < -0.39 is 0 Å². The highest BCUT2D eigenvalue weighted by atomic mass is 16.5. The van der Waals surface area contributed by atoms with Crippen molar-refractivity contribution in [1.82, 2.24) is 14.5 Å². The zero-order valence-corrected chi connectivity index (χ0v) is 16.4. The number of benzene rings is 1. The summed E-state index contributed by atoms with van der Waals surface area (Å²) in [4.78, 5) is 35.4. The van der Waals surface area contributed by atoms with Gasteiger partial charge >= 0.3 is 5.97 Å². The smallest absolute Gasteiger partial charge is 0.307 e. The average molecular weight is 380 g/mol. The Bertz CT molecular complexity index is 982. The van der Waals surface area contributed by atoms with Gasteiger partial charge in [0, 0.05) is 31.8 Å². The summed E-state index contributed by atoms with van der Waals surface area (Å²) in [6.45, 7) is 4.30. The van der Waals surface area contributed by atoms with E-state index in [0.29, 0.717) is 18.0 Å². The van der Waals surface area contributed by atoms with Gasteiger partial charge in [-0.05, 0) is 37.3 Å². The fraction of sp³-hybridized carbons (Fsp3) is 0.333. The fourth-order valence-corrected chi connectivity index (χ4v) is 3.12. The molecule has 7 heteroatoms. The number of esters is 1. The molecule has 0 bridgehead atoms. The Balaban J connectivity index is 1.91. The van der Waals surface area contributed by atoms with E-state index in [1.807, 2.05) is 30.7 Å². The number of carbonyl (C=O) groups excluding carboxylic acids is 2. The molecule has 0 saturated heterocycles. The van der Waals surface area contributed by atoms with Gasteiger partial charge in [0.1, 0.15) is 11.6 Å². The number of anilines is 1. The third-order valence-corrected chi connectivity index (χ3v) is 4.55. The number of imidazole rings is 1. The van der Waals surface area contributed by atoms with Crippen molar-refractivity contribution in [3.05, 3.63) is 54.0 Å². The van der Waals surface area contributed by atoms with Crippen LogP contribution >= 0.6 is 0 Å². The average Bonchev–Trinajstić information content (AvgIpc) is 3.04. The number of rotatable bonds is 7. The molecule has 3 rings (SSSR count). The molecule has 2 heterocycles. The maximum absolute atomic E-state index is 13.2. The molecule has 7 nitrogen and oxygen atoms in total. The summed E-state index contributed by atoms with van der Waals surface area (Å²) in [7, 11) is 1.97. The molecule has 1 amide bonds. The SMILES string of the molecule is CCOC(=O)CCN(C(=O)c1ccc2c(c1)nc(CC)n2C)c1ccccn1. The van der Waals surface area contributed by atoms with Crippen molar-refractivity contribution in [3.8, 4) is 0 Å². The van der Waals surface area contributed by atoms with Crippen LogP contribution in [0.3, 0.4) is 0 Å². The number of aryl methyl sites for hydroxylation is 2. The predicted molar refractivity (Wildman–Crippen MR) is 107 cm³/mol. The molecule has 0 aliphatic carbocycles. The van der Waals surface area contributed by atoms with Crippen LogP contribution in [0.1, 0.15) is 36.5 Å². The van der Waals surface area contributed by atoms with Gasteiger partial charge in [-0.2, -0.15) is 0 Å². The third kappa shape index (κ3) is 4.03. The maximum Gasteiger partial charge on any atom is 0.307 e. The molecule has 0 N–H and O–H groups in total. The van der Waals surface area contributed by atoms with Gasteiger partial charge < -0.3 is 9.30 Å². The van der Waals surface area contributed by atoms with Gasteiger partial charge in [0.25, 0.3) is 5.91 Å². The minimum atomic E-state index is -0.344. The van der Waals surface area contributed by atoms with Crippen LogP contribution in [-0.2, 0) is 23.0 Å². The molecule has 3 aromatic rings. The van der Waals surface area contributed by atoms with Crippen molar-refractivity contribution in [3.63, 3.8) is 0 Å². The molecule has 0 radical (unpaired) electrons. The van der Waals surface area contributed by atoms with Crippen molar-refractivity contribution >= 4 is 28.7 Å². The van der Waals surface area contributed by atoms with Gasteiger partial charge in [-0.3, -0.25) is 14.5 Å². The van der Waals surface area contributed by atoms with Gasteiger partial charge in [0.15, 0.2) is 0 Å². The Morgan fingerprint density at radius 3 is 2.68 bits per heavy atom. The molecule has 0 atom stereocenters. The molecule has 0 unspecified atom stereocenters. The molecule has 2 aromatic heterocycles. The zero-order valence-electron chi connectivity index (χ0n) is 16.4. The number of nitrogens with zero attached hydrogens (tertiary/aromatic N) is 4. The van der Waals surface area contributed by atoms with Crippen LogP contribution in [0.25, 0.3) is 11.0 Å². The Hall–Kier alpha value is -3.22. The van der Waals surface area contributed by atoms with Crippen molar-refractivity contribution in [2.45, 2.75) is 26.7 Å². The fourth-order valence-electron chi connectivity index (χ4n) is 3.12. The van der Waals surface area contributed by atoms with Crippen LogP contribution < -0.4 is 4.90 Å². The number of carbonyl (C=O) groups is 2. The molecule has 0 saturated carbocycles. The van der Waals surface area contributed by atoms with Crippen LogP contribution in [0.4, 0.5) is 5.82 Å². The molecular weight excluding hydrogens is 356 g/mol. The second-order valence-corrected chi connectivity index (χ2v) is 6.34. The normalized spacial score (nSPS) is 10.8. The Labute approximate surface area is 164 Å². The minimum Gasteiger partial charge on any atom is -0.466 e. The van der Waals surface area contributed by atoms with E-state index >= 15 is 0 Å². The van der Waals surface area contributed by atoms with E-state index in [1.54, 1.807) is 37.4 Å². The number of ether oxygens (including phenoxy) is 1. The highest BCUT2D eigenvalue weighted by molar-refractivity contribution is 6.07. The molecule has 0 aliphatic rings. The Morgan fingerprint density at radius 1 is 1.18 bits per heavy atom. The lowest BCUT2D eigenvalue weighted by molar-refractivity contribution is -0.142. The number of aromatic nitrogens is 3. The number of amides is 1. The van der Waals surface area contributed by atoms with E-state index in [-0.39, 0.29) is 24.8 Å². The highest BCUT2D eigenvalue weighted by Crippen LogP contribution is 2.20. The zero-order chi connectivity index (χ0) is 20.1. The monoisotopic (exact) mass is 380 g/mol. The van der Waals surface area contributed by atoms with Gasteiger partial charge in [-0.15, -0.1) is 0 Å². The Kier molecular flexibility index (Phi) is 6.03. The van der Waals surface area contributed by atoms with E-state index in [0.717, 1.165) is 23.3 Å². The summed E-state index contributed by atoms with van der Waals surface area (Å²) < 4.78 is 7.02. The van der Waals surface area contributed by atoms with E-state index in [4.69, 9.17) is 4.74 Å². The molecule has 0 aliphatic heterocycles.